The molecule has 7 heteroatoms. The number of amides is 1. The summed E-state index contributed by atoms with van der Waals surface area (Å²) < 4.78 is 0. The first-order chi connectivity index (χ1) is 9.91. The maximum atomic E-state index is 12.2. The molecule has 2 N–H and O–H groups in total. The van der Waals surface area contributed by atoms with Crippen LogP contribution in [0.25, 0.3) is 0 Å². The van der Waals surface area contributed by atoms with E-state index in [0.29, 0.717) is 17.7 Å². The molecule has 1 amide bonds. The number of nitro benzene ring substituents is 1. The van der Waals surface area contributed by atoms with E-state index in [-0.39, 0.29) is 29.4 Å². The summed E-state index contributed by atoms with van der Waals surface area (Å²) >= 11 is 0. The van der Waals surface area contributed by atoms with E-state index < -0.39 is 4.92 Å². The van der Waals surface area contributed by atoms with Crippen molar-refractivity contribution in [2.75, 3.05) is 19.6 Å². The molecule has 1 aliphatic rings. The summed E-state index contributed by atoms with van der Waals surface area (Å²) in [4.78, 5) is 22.5. The van der Waals surface area contributed by atoms with Gasteiger partial charge in [0.25, 0.3) is 11.6 Å². The molecule has 2 rings (SSSR count). The van der Waals surface area contributed by atoms with Gasteiger partial charge in [-0.15, -0.1) is 12.4 Å². The highest BCUT2D eigenvalue weighted by atomic mass is 35.5. The zero-order chi connectivity index (χ0) is 15.5. The fraction of sp³-hybridized carbons (Fsp3) is 0.533. The molecule has 1 aliphatic heterocycles. The molecule has 0 spiro atoms. The van der Waals surface area contributed by atoms with E-state index in [0.717, 1.165) is 25.9 Å². The maximum Gasteiger partial charge on any atom is 0.269 e. The van der Waals surface area contributed by atoms with Gasteiger partial charge < -0.3 is 10.6 Å². The molecule has 1 fully saturated rings. The fourth-order valence-corrected chi connectivity index (χ4v) is 2.67. The van der Waals surface area contributed by atoms with Crippen molar-refractivity contribution in [1.82, 2.24) is 10.6 Å². The Kier molecular flexibility index (Phi) is 6.32. The highest BCUT2D eigenvalue weighted by molar-refractivity contribution is 5.95. The molecule has 0 radical (unpaired) electrons. The Bertz CT molecular complexity index is 557. The molecule has 1 aromatic carbocycles. The number of nitrogens with zero attached hydrogens (tertiary/aromatic N) is 1. The minimum Gasteiger partial charge on any atom is -0.351 e. The monoisotopic (exact) mass is 327 g/mol. The van der Waals surface area contributed by atoms with Crippen LogP contribution in [0.15, 0.2) is 18.2 Å². The number of hydrogen-bond donors (Lipinski definition) is 2. The van der Waals surface area contributed by atoms with Gasteiger partial charge in [0.2, 0.25) is 0 Å². The highest BCUT2D eigenvalue weighted by Crippen LogP contribution is 2.24. The number of carbonyl (C=O) groups is 1. The zero-order valence-corrected chi connectivity index (χ0v) is 13.7. The number of piperidine rings is 1. The fourth-order valence-electron chi connectivity index (χ4n) is 2.67. The molecule has 0 bridgehead atoms. The summed E-state index contributed by atoms with van der Waals surface area (Å²) in [6.07, 6.45) is 2.20. The van der Waals surface area contributed by atoms with Crippen LogP contribution in [0.4, 0.5) is 5.69 Å². The largest absolute Gasteiger partial charge is 0.351 e. The lowest BCUT2D eigenvalue weighted by atomic mass is 9.83. The molecule has 1 atom stereocenters. The Hall–Kier alpha value is -1.66. The van der Waals surface area contributed by atoms with E-state index in [4.69, 9.17) is 0 Å². The molecule has 0 aliphatic carbocycles. The van der Waals surface area contributed by atoms with E-state index in [1.54, 1.807) is 6.92 Å². The number of nitrogens with one attached hydrogen (secondary N) is 2. The molecular weight excluding hydrogens is 306 g/mol. The van der Waals surface area contributed by atoms with Crippen molar-refractivity contribution in [1.29, 1.82) is 0 Å². The Morgan fingerprint density at radius 2 is 2.23 bits per heavy atom. The number of rotatable bonds is 4. The normalized spacial score (nSPS) is 20.8. The highest BCUT2D eigenvalue weighted by Gasteiger charge is 2.27. The van der Waals surface area contributed by atoms with Gasteiger partial charge in [-0.2, -0.15) is 0 Å². The molecule has 0 saturated carbocycles. The Balaban J connectivity index is 0.00000242. The lowest BCUT2D eigenvalue weighted by Crippen LogP contribution is -2.45. The Morgan fingerprint density at radius 3 is 2.77 bits per heavy atom. The van der Waals surface area contributed by atoms with Crippen LogP contribution in [0.3, 0.4) is 0 Å². The van der Waals surface area contributed by atoms with Crippen LogP contribution in [0, 0.1) is 22.5 Å². The van der Waals surface area contributed by atoms with Crippen molar-refractivity contribution in [2.24, 2.45) is 5.41 Å². The van der Waals surface area contributed by atoms with E-state index in [9.17, 15) is 14.9 Å². The summed E-state index contributed by atoms with van der Waals surface area (Å²) in [6, 6.07) is 4.31. The van der Waals surface area contributed by atoms with Crippen molar-refractivity contribution in [3.63, 3.8) is 0 Å². The van der Waals surface area contributed by atoms with Crippen molar-refractivity contribution in [3.05, 3.63) is 39.4 Å². The minimum absolute atomic E-state index is 0. The van der Waals surface area contributed by atoms with Crippen LogP contribution in [0.1, 0.15) is 35.7 Å². The standard InChI is InChI=1S/C15H21N3O3.ClH/c1-11-8-12(18(20)21)4-5-13(11)14(19)17-10-15(2)6-3-7-16-9-15;/h4-5,8,16H,3,6-7,9-10H2,1-2H3,(H,17,19);1H. The molecule has 1 heterocycles. The second-order valence-corrected chi connectivity index (χ2v) is 6.03. The number of carbonyl (C=O) groups excluding carboxylic acids is 1. The lowest BCUT2D eigenvalue weighted by Gasteiger charge is -2.34. The zero-order valence-electron chi connectivity index (χ0n) is 12.8. The van der Waals surface area contributed by atoms with E-state index in [2.05, 4.69) is 17.6 Å². The van der Waals surface area contributed by atoms with E-state index >= 15 is 0 Å². The number of non-ortho nitro benzene ring substituents is 1. The number of nitro groups is 1. The summed E-state index contributed by atoms with van der Waals surface area (Å²) in [6.45, 7) is 6.40. The molecule has 1 aromatic rings. The summed E-state index contributed by atoms with van der Waals surface area (Å²) in [5.41, 5.74) is 1.19. The van der Waals surface area contributed by atoms with Crippen molar-refractivity contribution >= 4 is 24.0 Å². The molecule has 1 saturated heterocycles. The van der Waals surface area contributed by atoms with Gasteiger partial charge in [-0.1, -0.05) is 6.92 Å². The smallest absolute Gasteiger partial charge is 0.269 e. The topological polar surface area (TPSA) is 84.3 Å². The van der Waals surface area contributed by atoms with Crippen LogP contribution in [-0.2, 0) is 0 Å². The molecule has 1 unspecified atom stereocenters. The first kappa shape index (κ1) is 18.4. The van der Waals surface area contributed by atoms with Gasteiger partial charge in [-0.05, 0) is 43.4 Å². The summed E-state index contributed by atoms with van der Waals surface area (Å²) in [5, 5.41) is 17.0. The lowest BCUT2D eigenvalue weighted by molar-refractivity contribution is -0.384. The molecule has 22 heavy (non-hydrogen) atoms. The second kappa shape index (κ2) is 7.56. The SMILES string of the molecule is Cc1cc([N+](=O)[O-])ccc1C(=O)NCC1(C)CCCNC1.Cl. The predicted octanol–water partition coefficient (Wildman–Crippen LogP) is 2.44. The van der Waals surface area contributed by atoms with Crippen molar-refractivity contribution in [3.8, 4) is 0 Å². The second-order valence-electron chi connectivity index (χ2n) is 6.03. The van der Waals surface area contributed by atoms with E-state index in [1.165, 1.54) is 18.2 Å². The van der Waals surface area contributed by atoms with Gasteiger partial charge in [0, 0.05) is 30.8 Å². The summed E-state index contributed by atoms with van der Waals surface area (Å²) in [7, 11) is 0. The number of hydrogen-bond acceptors (Lipinski definition) is 4. The van der Waals surface area contributed by atoms with Crippen molar-refractivity contribution in [2.45, 2.75) is 26.7 Å². The third-order valence-corrected chi connectivity index (χ3v) is 4.03. The van der Waals surface area contributed by atoms with Gasteiger partial charge in [0.1, 0.15) is 0 Å². The van der Waals surface area contributed by atoms with Gasteiger partial charge in [-0.3, -0.25) is 14.9 Å². The molecule has 6 nitrogen and oxygen atoms in total. The Labute approximate surface area is 136 Å². The minimum atomic E-state index is -0.455. The van der Waals surface area contributed by atoms with E-state index in [1.807, 2.05) is 0 Å². The third-order valence-electron chi connectivity index (χ3n) is 4.03. The van der Waals surface area contributed by atoms with Gasteiger partial charge in [0.05, 0.1) is 4.92 Å². The van der Waals surface area contributed by atoms with Crippen molar-refractivity contribution < 1.29 is 9.72 Å². The third kappa shape index (κ3) is 4.42. The van der Waals surface area contributed by atoms with Crippen LogP contribution >= 0.6 is 12.4 Å². The quantitative estimate of drug-likeness (QED) is 0.657. The molecule has 122 valence electrons. The van der Waals surface area contributed by atoms with Crippen LogP contribution < -0.4 is 10.6 Å². The first-order valence-electron chi connectivity index (χ1n) is 7.15. The summed E-state index contributed by atoms with van der Waals surface area (Å²) in [5.74, 6) is -0.172. The average molecular weight is 328 g/mol. The Morgan fingerprint density at radius 1 is 1.50 bits per heavy atom. The van der Waals surface area contributed by atoms with Crippen LogP contribution in [-0.4, -0.2) is 30.5 Å². The average Bonchev–Trinajstić information content (AvgIpc) is 2.45. The van der Waals surface area contributed by atoms with Gasteiger partial charge in [0.15, 0.2) is 0 Å². The predicted molar refractivity (Wildman–Crippen MR) is 87.6 cm³/mol. The number of aryl methyl sites for hydroxylation is 1. The van der Waals surface area contributed by atoms with Crippen LogP contribution in [0.2, 0.25) is 0 Å². The number of benzene rings is 1. The van der Waals surface area contributed by atoms with Gasteiger partial charge in [-0.25, -0.2) is 0 Å². The van der Waals surface area contributed by atoms with Gasteiger partial charge >= 0.3 is 0 Å². The first-order valence-corrected chi connectivity index (χ1v) is 7.15. The molecule has 0 aromatic heterocycles. The van der Waals surface area contributed by atoms with Crippen LogP contribution in [0.5, 0.6) is 0 Å². The molecular formula is C15H22ClN3O3. The maximum absolute atomic E-state index is 12.2. The number of halogens is 1.